The van der Waals surface area contributed by atoms with Gasteiger partial charge in [0.25, 0.3) is 0 Å². The number of fused-ring (bicyclic) bond motifs is 1. The number of nitrogens with zero attached hydrogens (tertiary/aromatic N) is 2. The number of aromatic nitrogens is 3. The summed E-state index contributed by atoms with van der Waals surface area (Å²) in [7, 11) is 0. The molecule has 3 aromatic carbocycles. The second-order valence-electron chi connectivity index (χ2n) is 18.8. The number of carbonyl (C=O) groups is 6. The van der Waals surface area contributed by atoms with Crippen molar-refractivity contribution < 1.29 is 28.8 Å². The number of rotatable bonds is 26. The SMILES string of the molecule is CC[C@H](C)[C@H](NC(=O)[C@H](CC1CCCCC1)NC(=O)[C@@H](Cc1c[nH]c2ccccc12)NC(=O)[C@@H](N)CCCN)C(=O)N[C@H](Cc1ccccc1)C(=O)N[C@@H](Cc1cn(Cc2ccccc2)cn1)C(N)=O. The van der Waals surface area contributed by atoms with E-state index < -0.39 is 77.6 Å². The summed E-state index contributed by atoms with van der Waals surface area (Å²) in [5.74, 6) is -3.98. The van der Waals surface area contributed by atoms with Gasteiger partial charge in [-0.05, 0) is 60.4 Å². The Kier molecular flexibility index (Phi) is 19.7. The van der Waals surface area contributed by atoms with Crippen LogP contribution in [0.3, 0.4) is 0 Å². The molecule has 1 aliphatic rings. The van der Waals surface area contributed by atoms with Crippen molar-refractivity contribution in [2.75, 3.05) is 6.54 Å². The third kappa shape index (κ3) is 15.3. The maximum Gasteiger partial charge on any atom is 0.243 e. The van der Waals surface area contributed by atoms with E-state index in [4.69, 9.17) is 17.2 Å². The summed E-state index contributed by atoms with van der Waals surface area (Å²) in [6, 6.07) is 20.1. The van der Waals surface area contributed by atoms with E-state index in [1.807, 2.05) is 103 Å². The fraction of sp³-hybridized carbons (Fsp3) is 0.453. The number of amides is 6. The lowest BCUT2D eigenvalue weighted by Crippen LogP contribution is -2.61. The molecule has 17 nitrogen and oxygen atoms in total. The fourth-order valence-electron chi connectivity index (χ4n) is 9.11. The standard InChI is InChI=1S/C53H71N11O6/c1-3-34(2)47(53(70)62-44(26-35-16-7-4-8-17-35)50(67)59-43(48(56)65)29-39-32-64(33-58-39)31-37-20-11-6-12-21-37)63-52(69)45(27-36-18-9-5-10-19-36)61-51(68)46(60-49(66)41(55)23-15-25-54)28-38-30-57-42-24-14-13-22-40(38)42/h4,6-8,11-14,16-17,20-22,24,30,32-34,36,41,43-47,57H,3,5,9-10,15,18-19,23,25-29,31,54-55H2,1-2H3,(H2,56,65)(H,59,67)(H,60,66)(H,61,68)(H,62,70)(H,63,69)/t34-,41-,43-,44+,45-,46+,47-/m0/s1. The van der Waals surface area contributed by atoms with Gasteiger partial charge < -0.3 is 53.3 Å². The van der Waals surface area contributed by atoms with Crippen LogP contribution in [0.2, 0.25) is 0 Å². The summed E-state index contributed by atoms with van der Waals surface area (Å²) in [6.45, 7) is 4.63. The summed E-state index contributed by atoms with van der Waals surface area (Å²) >= 11 is 0. The number of aromatic amines is 1. The summed E-state index contributed by atoms with van der Waals surface area (Å²) in [6.07, 6.45) is 11.9. The first-order chi connectivity index (χ1) is 33.8. The van der Waals surface area contributed by atoms with Gasteiger partial charge in [0, 0.05) is 49.1 Å². The van der Waals surface area contributed by atoms with Gasteiger partial charge in [-0.2, -0.15) is 0 Å². The van der Waals surface area contributed by atoms with E-state index in [0.717, 1.165) is 59.7 Å². The van der Waals surface area contributed by atoms with Crippen molar-refractivity contribution in [3.05, 3.63) is 126 Å². The molecule has 17 heteroatoms. The summed E-state index contributed by atoms with van der Waals surface area (Å²) in [5.41, 5.74) is 21.8. The van der Waals surface area contributed by atoms with Crippen LogP contribution in [0, 0.1) is 11.8 Å². The highest BCUT2D eigenvalue weighted by molar-refractivity contribution is 5.97. The van der Waals surface area contributed by atoms with Gasteiger partial charge in [-0.3, -0.25) is 28.8 Å². The van der Waals surface area contributed by atoms with Crippen molar-refractivity contribution in [2.24, 2.45) is 29.0 Å². The molecule has 0 aliphatic heterocycles. The largest absolute Gasteiger partial charge is 0.368 e. The smallest absolute Gasteiger partial charge is 0.243 e. The van der Waals surface area contributed by atoms with E-state index in [0.29, 0.717) is 44.5 Å². The highest BCUT2D eigenvalue weighted by Crippen LogP contribution is 2.28. The van der Waals surface area contributed by atoms with Crippen LogP contribution >= 0.6 is 0 Å². The Hall–Kier alpha value is -6.85. The molecule has 0 radical (unpaired) electrons. The number of carbonyl (C=O) groups excluding carboxylic acids is 6. The number of benzene rings is 3. The number of primary amides is 1. The molecule has 0 bridgehead atoms. The molecule has 0 spiro atoms. The zero-order valence-corrected chi connectivity index (χ0v) is 40.4. The predicted octanol–water partition coefficient (Wildman–Crippen LogP) is 3.43. The highest BCUT2D eigenvalue weighted by Gasteiger charge is 2.36. The quantitative estimate of drug-likeness (QED) is 0.0392. The lowest BCUT2D eigenvalue weighted by atomic mass is 9.84. The van der Waals surface area contributed by atoms with Crippen LogP contribution in [0.4, 0.5) is 0 Å². The number of para-hydroxylation sites is 1. The second kappa shape index (κ2) is 26.2. The van der Waals surface area contributed by atoms with Crippen molar-refractivity contribution in [1.29, 1.82) is 0 Å². The predicted molar refractivity (Wildman–Crippen MR) is 269 cm³/mol. The minimum absolute atomic E-state index is 0.0158. The minimum Gasteiger partial charge on any atom is -0.368 e. The first-order valence-corrected chi connectivity index (χ1v) is 24.7. The van der Waals surface area contributed by atoms with E-state index in [1.54, 1.807) is 18.7 Å². The molecule has 1 saturated carbocycles. The third-order valence-corrected chi connectivity index (χ3v) is 13.4. The first-order valence-electron chi connectivity index (χ1n) is 24.7. The number of nitrogens with two attached hydrogens (primary N) is 3. The molecule has 0 unspecified atom stereocenters. The fourth-order valence-corrected chi connectivity index (χ4v) is 9.11. The van der Waals surface area contributed by atoms with Crippen LogP contribution in [0.15, 0.2) is 104 Å². The van der Waals surface area contributed by atoms with Crippen molar-refractivity contribution >= 4 is 46.3 Å². The second-order valence-corrected chi connectivity index (χ2v) is 18.8. The van der Waals surface area contributed by atoms with Gasteiger partial charge in [0.15, 0.2) is 0 Å². The third-order valence-electron chi connectivity index (χ3n) is 13.4. The van der Waals surface area contributed by atoms with Crippen LogP contribution < -0.4 is 43.8 Å². The van der Waals surface area contributed by atoms with Gasteiger partial charge in [0.2, 0.25) is 35.4 Å². The van der Waals surface area contributed by atoms with E-state index >= 15 is 0 Å². The molecule has 1 fully saturated rings. The van der Waals surface area contributed by atoms with Crippen molar-refractivity contribution in [1.82, 2.24) is 41.1 Å². The first kappa shape index (κ1) is 52.5. The molecule has 6 rings (SSSR count). The molecule has 1 aliphatic carbocycles. The highest BCUT2D eigenvalue weighted by atomic mass is 16.2. The summed E-state index contributed by atoms with van der Waals surface area (Å²) in [4.78, 5) is 92.0. The lowest BCUT2D eigenvalue weighted by Gasteiger charge is -2.31. The molecule has 7 atom stereocenters. The Morgan fingerprint density at radius 2 is 1.31 bits per heavy atom. The van der Waals surface area contributed by atoms with Gasteiger partial charge in [-0.1, -0.05) is 131 Å². The van der Waals surface area contributed by atoms with Gasteiger partial charge in [0.05, 0.1) is 18.1 Å². The number of imidazole rings is 1. The van der Waals surface area contributed by atoms with Crippen LogP contribution in [0.5, 0.6) is 0 Å². The number of hydrogen-bond acceptors (Lipinski definition) is 9. The Morgan fingerprint density at radius 3 is 1.99 bits per heavy atom. The molecular weight excluding hydrogens is 887 g/mol. The minimum atomic E-state index is -1.18. The molecule has 374 valence electrons. The molecule has 0 saturated heterocycles. The van der Waals surface area contributed by atoms with Crippen LogP contribution in [-0.2, 0) is 54.6 Å². The molecule has 12 N–H and O–H groups in total. The number of hydrogen-bond donors (Lipinski definition) is 9. The van der Waals surface area contributed by atoms with Gasteiger partial charge in [-0.25, -0.2) is 4.98 Å². The Labute approximate surface area is 410 Å². The van der Waals surface area contributed by atoms with Crippen molar-refractivity contribution in [2.45, 2.75) is 134 Å². The summed E-state index contributed by atoms with van der Waals surface area (Å²) < 4.78 is 1.88. The van der Waals surface area contributed by atoms with E-state index in [-0.39, 0.29) is 25.2 Å². The van der Waals surface area contributed by atoms with E-state index in [9.17, 15) is 28.8 Å². The van der Waals surface area contributed by atoms with Crippen LogP contribution in [0.1, 0.15) is 94.0 Å². The normalized spacial score (nSPS) is 15.9. The zero-order chi connectivity index (χ0) is 50.0. The maximum absolute atomic E-state index is 14.7. The Bertz CT molecular complexity index is 2490. The summed E-state index contributed by atoms with van der Waals surface area (Å²) in [5, 5.41) is 15.4. The zero-order valence-electron chi connectivity index (χ0n) is 40.4. The molecule has 5 aromatic rings. The number of nitrogens with one attached hydrogen (secondary N) is 6. The van der Waals surface area contributed by atoms with Gasteiger partial charge >= 0.3 is 0 Å². The monoisotopic (exact) mass is 958 g/mol. The van der Waals surface area contributed by atoms with Crippen molar-refractivity contribution in [3.63, 3.8) is 0 Å². The van der Waals surface area contributed by atoms with E-state index in [1.165, 1.54) is 0 Å². The number of H-pyrrole nitrogens is 1. The topological polar surface area (TPSA) is 274 Å². The van der Waals surface area contributed by atoms with Crippen molar-refractivity contribution in [3.8, 4) is 0 Å². The van der Waals surface area contributed by atoms with Crippen LogP contribution in [-0.4, -0.2) is 92.8 Å². The Morgan fingerprint density at radius 1 is 0.714 bits per heavy atom. The average Bonchev–Trinajstić information content (AvgIpc) is 4.00. The van der Waals surface area contributed by atoms with E-state index in [2.05, 4.69) is 36.6 Å². The molecule has 2 aromatic heterocycles. The lowest BCUT2D eigenvalue weighted by molar-refractivity contribution is -0.136. The molecule has 70 heavy (non-hydrogen) atoms. The maximum atomic E-state index is 14.7. The molecule has 2 heterocycles. The Balaban J connectivity index is 1.21. The van der Waals surface area contributed by atoms with Gasteiger partial charge in [0.1, 0.15) is 30.2 Å². The van der Waals surface area contributed by atoms with Crippen LogP contribution in [0.25, 0.3) is 10.9 Å². The molecule has 6 amide bonds. The molecular formula is C53H71N11O6. The average molecular weight is 958 g/mol. The van der Waals surface area contributed by atoms with Gasteiger partial charge in [-0.15, -0.1) is 0 Å².